The smallest absolute Gasteiger partial charge is 0.241 e. The van der Waals surface area contributed by atoms with Crippen molar-refractivity contribution >= 4 is 5.91 Å². The lowest BCUT2D eigenvalue weighted by molar-refractivity contribution is -0.171. The zero-order valence-corrected chi connectivity index (χ0v) is 13.6. The maximum atomic E-state index is 12.8. The van der Waals surface area contributed by atoms with Crippen LogP contribution in [0.25, 0.3) is 0 Å². The lowest BCUT2D eigenvalue weighted by Gasteiger charge is -2.57. The van der Waals surface area contributed by atoms with Crippen molar-refractivity contribution in [3.8, 4) is 0 Å². The molecule has 0 saturated heterocycles. The van der Waals surface area contributed by atoms with Crippen LogP contribution in [0.15, 0.2) is 6.20 Å². The molecule has 4 N–H and O–H groups in total. The highest BCUT2D eigenvalue weighted by molar-refractivity contribution is 5.89. The largest absolute Gasteiger partial charge is 0.378 e. The van der Waals surface area contributed by atoms with Gasteiger partial charge in [-0.1, -0.05) is 13.8 Å². The Bertz CT molecular complexity index is 568. The molecule has 3 atom stereocenters. The molecular weight excluding hydrogens is 280 g/mol. The number of aryl methyl sites for hydroxylation is 1. The summed E-state index contributed by atoms with van der Waals surface area (Å²) in [5.41, 5.74) is 7.43. The second kappa shape index (κ2) is 5.35. The van der Waals surface area contributed by atoms with Gasteiger partial charge in [0.05, 0.1) is 24.0 Å². The zero-order chi connectivity index (χ0) is 16.0. The summed E-state index contributed by atoms with van der Waals surface area (Å²) in [6, 6.07) is -0.0129. The van der Waals surface area contributed by atoms with Crippen LogP contribution < -0.4 is 11.1 Å². The molecule has 0 spiro atoms. The second-order valence-electron chi connectivity index (χ2n) is 7.07. The van der Waals surface area contributed by atoms with Gasteiger partial charge in [0.15, 0.2) is 0 Å². The molecule has 0 aromatic carbocycles. The fourth-order valence-electron chi connectivity index (χ4n) is 3.71. The number of rotatable bonds is 4. The van der Waals surface area contributed by atoms with Gasteiger partial charge in [-0.2, -0.15) is 5.10 Å². The van der Waals surface area contributed by atoms with Crippen LogP contribution in [0.4, 0.5) is 0 Å². The fourth-order valence-corrected chi connectivity index (χ4v) is 3.71. The van der Waals surface area contributed by atoms with Gasteiger partial charge in [-0.25, -0.2) is 0 Å². The molecular formula is C16H26N4O2. The number of amides is 1. The molecule has 1 amide bonds. The first-order valence-electron chi connectivity index (χ1n) is 8.13. The summed E-state index contributed by atoms with van der Waals surface area (Å²) in [6.45, 7) is 6.64. The molecule has 0 bridgehead atoms. The summed E-state index contributed by atoms with van der Waals surface area (Å²) < 4.78 is 5.70. The molecule has 122 valence electrons. The monoisotopic (exact) mass is 306 g/mol. The molecule has 1 aromatic heterocycles. The number of H-pyrrole nitrogens is 1. The quantitative estimate of drug-likeness (QED) is 0.784. The van der Waals surface area contributed by atoms with Crippen molar-refractivity contribution in [2.24, 2.45) is 11.1 Å². The number of aromatic nitrogens is 2. The molecule has 6 nitrogen and oxygen atoms in total. The summed E-state index contributed by atoms with van der Waals surface area (Å²) >= 11 is 0. The van der Waals surface area contributed by atoms with Crippen molar-refractivity contribution < 1.29 is 9.53 Å². The average Bonchev–Trinajstić information content (AvgIpc) is 2.96. The first-order valence-corrected chi connectivity index (χ1v) is 8.13. The van der Waals surface area contributed by atoms with Crippen LogP contribution in [0.5, 0.6) is 0 Å². The average molecular weight is 306 g/mol. The highest BCUT2D eigenvalue weighted by Crippen LogP contribution is 2.50. The van der Waals surface area contributed by atoms with Gasteiger partial charge in [-0.15, -0.1) is 0 Å². The van der Waals surface area contributed by atoms with E-state index in [0.717, 1.165) is 25.0 Å². The molecule has 2 aliphatic carbocycles. The molecule has 2 aliphatic rings. The molecule has 1 heterocycles. The molecule has 0 aliphatic heterocycles. The summed E-state index contributed by atoms with van der Waals surface area (Å²) in [5, 5.41) is 10.2. The van der Waals surface area contributed by atoms with Gasteiger partial charge in [0, 0.05) is 18.4 Å². The third kappa shape index (κ3) is 2.16. The number of nitrogens with two attached hydrogens (primary N) is 1. The first kappa shape index (κ1) is 15.5. The van der Waals surface area contributed by atoms with Gasteiger partial charge >= 0.3 is 0 Å². The van der Waals surface area contributed by atoms with Gasteiger partial charge in [-0.05, 0) is 31.7 Å². The van der Waals surface area contributed by atoms with Crippen molar-refractivity contribution in [2.75, 3.05) is 6.61 Å². The van der Waals surface area contributed by atoms with E-state index in [1.54, 1.807) is 0 Å². The Labute approximate surface area is 131 Å². The summed E-state index contributed by atoms with van der Waals surface area (Å²) in [7, 11) is 0. The summed E-state index contributed by atoms with van der Waals surface area (Å²) in [5.74, 6) is -0.0825. The van der Waals surface area contributed by atoms with Crippen LogP contribution in [-0.2, 0) is 16.0 Å². The third-order valence-electron chi connectivity index (χ3n) is 5.58. The molecule has 0 radical (unpaired) electrons. The van der Waals surface area contributed by atoms with E-state index in [1.807, 2.05) is 27.0 Å². The summed E-state index contributed by atoms with van der Waals surface area (Å²) in [6.07, 6.45) is 5.46. The van der Waals surface area contributed by atoms with Crippen LogP contribution in [0.2, 0.25) is 0 Å². The number of nitrogens with one attached hydrogen (secondary N) is 2. The highest BCUT2D eigenvalue weighted by Gasteiger charge is 2.63. The van der Waals surface area contributed by atoms with E-state index in [9.17, 15) is 4.79 Å². The minimum absolute atomic E-state index is 0.0129. The molecule has 22 heavy (non-hydrogen) atoms. The van der Waals surface area contributed by atoms with Gasteiger partial charge in [0.25, 0.3) is 0 Å². The van der Waals surface area contributed by atoms with Gasteiger partial charge < -0.3 is 15.8 Å². The van der Waals surface area contributed by atoms with Gasteiger partial charge in [0.2, 0.25) is 5.91 Å². The second-order valence-corrected chi connectivity index (χ2v) is 7.07. The van der Waals surface area contributed by atoms with E-state index in [1.165, 1.54) is 5.56 Å². The van der Waals surface area contributed by atoms with Crippen molar-refractivity contribution in [1.82, 2.24) is 15.5 Å². The maximum absolute atomic E-state index is 12.8. The third-order valence-corrected chi connectivity index (χ3v) is 5.58. The summed E-state index contributed by atoms with van der Waals surface area (Å²) in [4.78, 5) is 12.8. The van der Waals surface area contributed by atoms with Gasteiger partial charge in [-0.3, -0.25) is 9.89 Å². The van der Waals surface area contributed by atoms with Crippen LogP contribution in [0.3, 0.4) is 0 Å². The fraction of sp³-hybridized carbons (Fsp3) is 0.750. The Kier molecular flexibility index (Phi) is 3.77. The zero-order valence-electron chi connectivity index (χ0n) is 13.6. The predicted molar refractivity (Wildman–Crippen MR) is 83.1 cm³/mol. The van der Waals surface area contributed by atoms with E-state index in [-0.39, 0.29) is 23.5 Å². The topological polar surface area (TPSA) is 93.0 Å². The maximum Gasteiger partial charge on any atom is 0.241 e. The number of hydrogen-bond donors (Lipinski definition) is 3. The van der Waals surface area contributed by atoms with Crippen molar-refractivity contribution in [3.63, 3.8) is 0 Å². The Balaban J connectivity index is 1.71. The molecule has 6 heteroatoms. The number of nitrogens with zero attached hydrogens (tertiary/aromatic N) is 1. The number of carbonyl (C=O) groups excluding carboxylic acids is 1. The van der Waals surface area contributed by atoms with Crippen LogP contribution >= 0.6 is 0 Å². The number of fused-ring (bicyclic) bond motifs is 1. The molecule has 3 unspecified atom stereocenters. The molecule has 1 fully saturated rings. The molecule has 1 saturated carbocycles. The van der Waals surface area contributed by atoms with Crippen molar-refractivity contribution in [3.05, 3.63) is 17.5 Å². The van der Waals surface area contributed by atoms with Crippen molar-refractivity contribution in [2.45, 2.75) is 64.1 Å². The van der Waals surface area contributed by atoms with E-state index < -0.39 is 5.54 Å². The van der Waals surface area contributed by atoms with Gasteiger partial charge in [0.1, 0.15) is 5.54 Å². The number of ether oxygens (including phenoxy) is 1. The van der Waals surface area contributed by atoms with Crippen LogP contribution in [-0.4, -0.2) is 34.4 Å². The van der Waals surface area contributed by atoms with Crippen LogP contribution in [0, 0.1) is 5.41 Å². The number of aromatic amines is 1. The van der Waals surface area contributed by atoms with Crippen LogP contribution in [0.1, 0.15) is 57.3 Å². The van der Waals surface area contributed by atoms with E-state index in [4.69, 9.17) is 10.5 Å². The normalized spacial score (nSPS) is 32.9. The number of carbonyl (C=O) groups is 1. The number of hydrogen-bond acceptors (Lipinski definition) is 4. The Morgan fingerprint density at radius 3 is 3.05 bits per heavy atom. The molecule has 1 aromatic rings. The van der Waals surface area contributed by atoms with E-state index in [0.29, 0.717) is 13.0 Å². The van der Waals surface area contributed by atoms with E-state index in [2.05, 4.69) is 15.5 Å². The lowest BCUT2D eigenvalue weighted by Crippen LogP contribution is -2.75. The minimum Gasteiger partial charge on any atom is -0.378 e. The molecule has 3 rings (SSSR count). The Morgan fingerprint density at radius 2 is 2.36 bits per heavy atom. The van der Waals surface area contributed by atoms with E-state index >= 15 is 0 Å². The van der Waals surface area contributed by atoms with Crippen molar-refractivity contribution in [1.29, 1.82) is 0 Å². The predicted octanol–water partition coefficient (Wildman–Crippen LogP) is 1.44. The Hall–Kier alpha value is -1.40. The lowest BCUT2D eigenvalue weighted by atomic mass is 9.54. The first-order chi connectivity index (χ1) is 10.4. The standard InChI is InChI=1S/C16H26N4O2/c1-4-22-12-8-16(17,15(12,2)3)14(21)19-11-7-5-6-10-9-18-20-13(10)11/h9,11-12H,4-8,17H2,1-3H3,(H,18,20)(H,19,21). The highest BCUT2D eigenvalue weighted by atomic mass is 16.5. The minimum atomic E-state index is -0.871. The Morgan fingerprint density at radius 1 is 1.59 bits per heavy atom. The SMILES string of the molecule is CCOC1CC(N)(C(=O)NC2CCCc3cn[nH]c32)C1(C)C.